The van der Waals surface area contributed by atoms with Crippen LogP contribution in [0.5, 0.6) is 11.5 Å². The minimum absolute atomic E-state index is 0.106. The van der Waals surface area contributed by atoms with Crippen LogP contribution in [0.1, 0.15) is 19.4 Å². The van der Waals surface area contributed by atoms with Crippen molar-refractivity contribution < 1.29 is 23.9 Å². The molecule has 0 radical (unpaired) electrons. The Labute approximate surface area is 150 Å². The summed E-state index contributed by atoms with van der Waals surface area (Å²) in [7, 11) is 4.09. The third-order valence-corrected chi connectivity index (χ3v) is 3.84. The van der Waals surface area contributed by atoms with E-state index in [1.807, 2.05) is 13.8 Å². The fourth-order valence-corrected chi connectivity index (χ4v) is 2.58. The lowest BCUT2D eigenvalue weighted by Gasteiger charge is -2.28. The third kappa shape index (κ3) is 3.61. The minimum atomic E-state index is -0.677. The van der Waals surface area contributed by atoms with E-state index in [0.29, 0.717) is 17.1 Å². The highest BCUT2D eigenvalue weighted by atomic mass is 35.5. The molecule has 0 bridgehead atoms. The first kappa shape index (κ1) is 18.8. The third-order valence-electron chi connectivity index (χ3n) is 3.56. The lowest BCUT2D eigenvalue weighted by molar-refractivity contribution is -0.134. The van der Waals surface area contributed by atoms with Gasteiger partial charge in [0.25, 0.3) is 11.8 Å². The number of hydrogen-bond donors (Lipinski definition) is 0. The molecule has 1 aliphatic rings. The summed E-state index contributed by atoms with van der Waals surface area (Å²) in [6, 6.07) is 2.49. The zero-order valence-electron chi connectivity index (χ0n) is 14.6. The summed E-state index contributed by atoms with van der Waals surface area (Å²) < 4.78 is 10.9. The van der Waals surface area contributed by atoms with E-state index in [4.69, 9.17) is 21.1 Å². The monoisotopic (exact) mass is 366 g/mol. The standard InChI is InChI=1S/C17H19ClN2O5/c1-9(2)25-14-12(18)7-10(8-13(14)24-5)6-11-15(21)19(3)17(23)20(4)16(11)22/h6-9H,1-5H3. The van der Waals surface area contributed by atoms with Crippen LogP contribution in [0.4, 0.5) is 4.79 Å². The number of carbonyl (C=O) groups is 3. The van der Waals surface area contributed by atoms with E-state index in [1.165, 1.54) is 27.3 Å². The van der Waals surface area contributed by atoms with Crippen LogP contribution < -0.4 is 9.47 Å². The molecule has 0 N–H and O–H groups in total. The van der Waals surface area contributed by atoms with Gasteiger partial charge >= 0.3 is 6.03 Å². The molecule has 1 aliphatic heterocycles. The first-order valence-electron chi connectivity index (χ1n) is 7.53. The zero-order chi connectivity index (χ0) is 18.9. The molecule has 1 saturated heterocycles. The summed E-state index contributed by atoms with van der Waals surface area (Å²) in [6.45, 7) is 3.71. The average Bonchev–Trinajstić information content (AvgIpc) is 2.56. The summed E-state index contributed by atoms with van der Waals surface area (Å²) in [5.41, 5.74) is 0.339. The quantitative estimate of drug-likeness (QED) is 0.604. The van der Waals surface area contributed by atoms with Crippen molar-refractivity contribution in [3.05, 3.63) is 28.3 Å². The molecule has 0 unspecified atom stereocenters. The highest BCUT2D eigenvalue weighted by Gasteiger charge is 2.37. The van der Waals surface area contributed by atoms with Crippen LogP contribution in [0, 0.1) is 0 Å². The van der Waals surface area contributed by atoms with Crippen LogP contribution in [0.15, 0.2) is 17.7 Å². The van der Waals surface area contributed by atoms with Crippen molar-refractivity contribution in [3.63, 3.8) is 0 Å². The number of rotatable bonds is 4. The van der Waals surface area contributed by atoms with Gasteiger partial charge in [-0.15, -0.1) is 0 Å². The molecule has 4 amide bonds. The van der Waals surface area contributed by atoms with Gasteiger partial charge in [-0.1, -0.05) is 11.6 Å². The van der Waals surface area contributed by atoms with Gasteiger partial charge < -0.3 is 9.47 Å². The van der Waals surface area contributed by atoms with Gasteiger partial charge in [-0.05, 0) is 37.6 Å². The van der Waals surface area contributed by atoms with Crippen molar-refractivity contribution in [2.45, 2.75) is 20.0 Å². The molecule has 0 aromatic heterocycles. The second-order valence-corrected chi connectivity index (χ2v) is 6.18. The van der Waals surface area contributed by atoms with Gasteiger partial charge in [0.2, 0.25) is 0 Å². The summed E-state index contributed by atoms with van der Waals surface area (Å²) >= 11 is 6.25. The number of imide groups is 2. The second kappa shape index (κ2) is 7.14. The fraction of sp³-hybridized carbons (Fsp3) is 0.353. The Hall–Kier alpha value is -2.54. The van der Waals surface area contributed by atoms with Gasteiger partial charge in [-0.3, -0.25) is 19.4 Å². The maximum atomic E-state index is 12.2. The van der Waals surface area contributed by atoms with Crippen LogP contribution in [0.2, 0.25) is 5.02 Å². The molecule has 1 fully saturated rings. The van der Waals surface area contributed by atoms with Crippen molar-refractivity contribution in [1.29, 1.82) is 0 Å². The van der Waals surface area contributed by atoms with E-state index in [-0.39, 0.29) is 16.7 Å². The number of barbiturate groups is 1. The molecule has 0 saturated carbocycles. The maximum Gasteiger partial charge on any atom is 0.333 e. The Kier molecular flexibility index (Phi) is 5.37. The van der Waals surface area contributed by atoms with Crippen molar-refractivity contribution >= 4 is 35.5 Å². The molecule has 7 nitrogen and oxygen atoms in total. The largest absolute Gasteiger partial charge is 0.493 e. The summed E-state index contributed by atoms with van der Waals surface area (Å²) in [4.78, 5) is 38.0. The van der Waals surface area contributed by atoms with Crippen LogP contribution in [-0.4, -0.2) is 55.0 Å². The molecule has 1 aromatic rings. The van der Waals surface area contributed by atoms with Crippen LogP contribution >= 0.6 is 11.6 Å². The van der Waals surface area contributed by atoms with Gasteiger partial charge in [0.05, 0.1) is 18.2 Å². The van der Waals surface area contributed by atoms with Crippen LogP contribution in [0.25, 0.3) is 6.08 Å². The predicted octanol–water partition coefficient (Wildman–Crippen LogP) is 2.57. The number of hydrogen-bond acceptors (Lipinski definition) is 5. The fourth-order valence-electron chi connectivity index (χ4n) is 2.31. The highest BCUT2D eigenvalue weighted by Crippen LogP contribution is 2.37. The Morgan fingerprint density at radius 2 is 1.64 bits per heavy atom. The lowest BCUT2D eigenvalue weighted by Crippen LogP contribution is -2.52. The van der Waals surface area contributed by atoms with Gasteiger partial charge in [0, 0.05) is 14.1 Å². The Balaban J connectivity index is 2.50. The van der Waals surface area contributed by atoms with Crippen LogP contribution in [-0.2, 0) is 9.59 Å². The van der Waals surface area contributed by atoms with Gasteiger partial charge in [-0.25, -0.2) is 4.79 Å². The van der Waals surface area contributed by atoms with Crippen molar-refractivity contribution in [2.75, 3.05) is 21.2 Å². The molecule has 0 spiro atoms. The molecule has 0 atom stereocenters. The van der Waals surface area contributed by atoms with Crippen molar-refractivity contribution in [2.24, 2.45) is 0 Å². The van der Waals surface area contributed by atoms with Gasteiger partial charge in [0.15, 0.2) is 11.5 Å². The SMILES string of the molecule is COc1cc(C=C2C(=O)N(C)C(=O)N(C)C2=O)cc(Cl)c1OC(C)C. The Bertz CT molecular complexity index is 747. The number of carbonyl (C=O) groups excluding carboxylic acids is 3. The number of urea groups is 1. The summed E-state index contributed by atoms with van der Waals surface area (Å²) in [5, 5.41) is 0.286. The van der Waals surface area contributed by atoms with Crippen LogP contribution in [0.3, 0.4) is 0 Å². The van der Waals surface area contributed by atoms with E-state index in [1.54, 1.807) is 12.1 Å². The number of methoxy groups -OCH3 is 1. The first-order chi connectivity index (χ1) is 11.7. The van der Waals surface area contributed by atoms with E-state index in [9.17, 15) is 14.4 Å². The van der Waals surface area contributed by atoms with E-state index in [2.05, 4.69) is 0 Å². The minimum Gasteiger partial charge on any atom is -0.493 e. The topological polar surface area (TPSA) is 76.2 Å². The molecular weight excluding hydrogens is 348 g/mol. The number of amides is 4. The molecule has 0 aliphatic carbocycles. The molecular formula is C17H19ClN2O5. The zero-order valence-corrected chi connectivity index (χ0v) is 15.4. The van der Waals surface area contributed by atoms with E-state index >= 15 is 0 Å². The lowest BCUT2D eigenvalue weighted by atomic mass is 10.1. The average molecular weight is 367 g/mol. The number of nitrogens with zero attached hydrogens (tertiary/aromatic N) is 2. The molecule has 1 heterocycles. The molecule has 1 aromatic carbocycles. The number of halogens is 1. The smallest absolute Gasteiger partial charge is 0.333 e. The van der Waals surface area contributed by atoms with Crippen molar-refractivity contribution in [3.8, 4) is 11.5 Å². The number of likely N-dealkylation sites (N-methyl/N-ethyl adjacent to an activating group) is 2. The van der Waals surface area contributed by atoms with Gasteiger partial charge in [0.1, 0.15) is 5.57 Å². The summed E-state index contributed by atoms with van der Waals surface area (Å²) in [6.07, 6.45) is 1.27. The number of benzene rings is 1. The highest BCUT2D eigenvalue weighted by molar-refractivity contribution is 6.33. The molecule has 25 heavy (non-hydrogen) atoms. The molecule has 2 rings (SSSR count). The second-order valence-electron chi connectivity index (χ2n) is 5.77. The van der Waals surface area contributed by atoms with Crippen molar-refractivity contribution in [1.82, 2.24) is 9.80 Å². The molecule has 134 valence electrons. The van der Waals surface area contributed by atoms with E-state index < -0.39 is 17.8 Å². The Morgan fingerprint density at radius 3 is 2.12 bits per heavy atom. The maximum absolute atomic E-state index is 12.2. The number of ether oxygens (including phenoxy) is 2. The normalized spacial score (nSPS) is 15.2. The van der Waals surface area contributed by atoms with Gasteiger partial charge in [-0.2, -0.15) is 0 Å². The van der Waals surface area contributed by atoms with E-state index in [0.717, 1.165) is 9.80 Å². The first-order valence-corrected chi connectivity index (χ1v) is 7.91. The molecule has 8 heteroatoms. The predicted molar refractivity (Wildman–Crippen MR) is 92.7 cm³/mol. The summed E-state index contributed by atoms with van der Waals surface area (Å²) in [5.74, 6) is -0.593. The Morgan fingerprint density at radius 1 is 1.08 bits per heavy atom.